The fourth-order valence-corrected chi connectivity index (χ4v) is 3.44. The van der Waals surface area contributed by atoms with E-state index in [-0.39, 0.29) is 5.56 Å². The molecule has 0 bridgehead atoms. The second-order valence-corrected chi connectivity index (χ2v) is 6.55. The largest absolute Gasteiger partial charge is 0.352 e. The zero-order valence-electron chi connectivity index (χ0n) is 11.4. The molecular weight excluding hydrogens is 343 g/mol. The van der Waals surface area contributed by atoms with Gasteiger partial charge in [-0.25, -0.2) is 4.39 Å². The fraction of sp³-hybridized carbons (Fsp3) is 0.500. The zero-order valence-corrected chi connectivity index (χ0v) is 12.9. The van der Waals surface area contributed by atoms with Gasteiger partial charge in [0.05, 0.1) is 11.0 Å². The van der Waals surface area contributed by atoms with Crippen LogP contribution in [-0.4, -0.2) is 22.2 Å². The average molecular weight is 359 g/mol. The van der Waals surface area contributed by atoms with Crippen LogP contribution in [0.3, 0.4) is 0 Å². The maximum absolute atomic E-state index is 13.0. The predicted molar refractivity (Wildman–Crippen MR) is 80.1 cm³/mol. The molecule has 1 aliphatic rings. The lowest BCUT2D eigenvalue weighted by atomic mass is 9.89. The van der Waals surface area contributed by atoms with Gasteiger partial charge in [-0.3, -0.25) is 14.9 Å². The van der Waals surface area contributed by atoms with Crippen molar-refractivity contribution in [3.8, 4) is 0 Å². The normalized spacial score (nSPS) is 21.8. The van der Waals surface area contributed by atoms with Crippen molar-refractivity contribution >= 4 is 27.5 Å². The van der Waals surface area contributed by atoms with Crippen LogP contribution in [0.1, 0.15) is 36.0 Å². The number of rotatable bonds is 4. The minimum absolute atomic E-state index is 0.104. The summed E-state index contributed by atoms with van der Waals surface area (Å²) in [5, 5.41) is 13.6. The van der Waals surface area contributed by atoms with Crippen molar-refractivity contribution < 1.29 is 14.1 Å². The maximum atomic E-state index is 13.0. The van der Waals surface area contributed by atoms with Crippen LogP contribution in [0.25, 0.3) is 0 Å². The number of nitrogens with one attached hydrogen (secondary N) is 1. The highest BCUT2D eigenvalue weighted by molar-refractivity contribution is 9.09. The molecular formula is C14H16BrFN2O3. The quantitative estimate of drug-likeness (QED) is 0.509. The summed E-state index contributed by atoms with van der Waals surface area (Å²) < 4.78 is 13.0. The molecule has 0 spiro atoms. The van der Waals surface area contributed by atoms with Crippen molar-refractivity contribution in [3.63, 3.8) is 0 Å². The molecule has 7 heteroatoms. The number of alkyl halides is 1. The molecule has 1 fully saturated rings. The van der Waals surface area contributed by atoms with E-state index in [0.29, 0.717) is 17.3 Å². The molecule has 1 amide bonds. The Balaban J connectivity index is 2.02. The number of nitro benzene ring substituents is 1. The summed E-state index contributed by atoms with van der Waals surface area (Å²) in [7, 11) is 0. The SMILES string of the molecule is O=C(NCC1CCCC(Br)C1)c1ccc(F)cc1[N+](=O)[O-]. The van der Waals surface area contributed by atoms with E-state index in [0.717, 1.165) is 43.9 Å². The molecule has 1 aromatic carbocycles. The number of halogens is 2. The van der Waals surface area contributed by atoms with Crippen molar-refractivity contribution in [2.24, 2.45) is 5.92 Å². The summed E-state index contributed by atoms with van der Waals surface area (Å²) in [6.45, 7) is 0.482. The van der Waals surface area contributed by atoms with Gasteiger partial charge in [0.15, 0.2) is 0 Å². The molecule has 2 unspecified atom stereocenters. The first-order chi connectivity index (χ1) is 9.97. The van der Waals surface area contributed by atoms with Gasteiger partial charge in [-0.15, -0.1) is 0 Å². The molecule has 0 saturated heterocycles. The lowest BCUT2D eigenvalue weighted by molar-refractivity contribution is -0.385. The monoisotopic (exact) mass is 358 g/mol. The third-order valence-corrected chi connectivity index (χ3v) is 4.50. The molecule has 114 valence electrons. The number of hydrogen-bond acceptors (Lipinski definition) is 3. The molecule has 2 rings (SSSR count). The Hall–Kier alpha value is -1.50. The number of carbonyl (C=O) groups excluding carboxylic acids is 1. The summed E-state index contributed by atoms with van der Waals surface area (Å²) in [5.41, 5.74) is -0.609. The lowest BCUT2D eigenvalue weighted by Crippen LogP contribution is -2.32. The Labute approximate surface area is 130 Å². The van der Waals surface area contributed by atoms with Crippen molar-refractivity contribution in [1.29, 1.82) is 0 Å². The van der Waals surface area contributed by atoms with E-state index in [1.165, 1.54) is 0 Å². The molecule has 0 heterocycles. The Morgan fingerprint density at radius 2 is 2.24 bits per heavy atom. The first-order valence-corrected chi connectivity index (χ1v) is 7.75. The second kappa shape index (κ2) is 6.98. The third-order valence-electron chi connectivity index (χ3n) is 3.67. The second-order valence-electron chi connectivity index (χ2n) is 5.26. The van der Waals surface area contributed by atoms with Gasteiger partial charge in [-0.1, -0.05) is 22.4 Å². The van der Waals surface area contributed by atoms with E-state index in [4.69, 9.17) is 0 Å². The number of amides is 1. The summed E-state index contributed by atoms with van der Waals surface area (Å²) >= 11 is 3.58. The zero-order chi connectivity index (χ0) is 15.4. The molecule has 0 radical (unpaired) electrons. The van der Waals surface area contributed by atoms with E-state index < -0.39 is 22.3 Å². The van der Waals surface area contributed by atoms with E-state index in [9.17, 15) is 19.3 Å². The molecule has 1 aliphatic carbocycles. The number of nitro groups is 1. The van der Waals surface area contributed by atoms with Crippen LogP contribution < -0.4 is 5.32 Å². The molecule has 5 nitrogen and oxygen atoms in total. The van der Waals surface area contributed by atoms with Gasteiger partial charge >= 0.3 is 0 Å². The summed E-state index contributed by atoms with van der Waals surface area (Å²) in [6.07, 6.45) is 4.25. The molecule has 1 saturated carbocycles. The minimum atomic E-state index is -0.743. The molecule has 21 heavy (non-hydrogen) atoms. The highest BCUT2D eigenvalue weighted by Gasteiger charge is 2.23. The Bertz CT molecular complexity index is 553. The Morgan fingerprint density at radius 3 is 2.90 bits per heavy atom. The molecule has 0 aromatic heterocycles. The van der Waals surface area contributed by atoms with Gasteiger partial charge in [-0.2, -0.15) is 0 Å². The van der Waals surface area contributed by atoms with E-state index in [1.807, 2.05) is 0 Å². The van der Waals surface area contributed by atoms with E-state index in [1.54, 1.807) is 0 Å². The molecule has 1 aromatic rings. The average Bonchev–Trinajstić information content (AvgIpc) is 2.44. The van der Waals surface area contributed by atoms with Crippen LogP contribution in [-0.2, 0) is 0 Å². The summed E-state index contributed by atoms with van der Waals surface area (Å²) in [5.74, 6) is -0.891. The Kier molecular flexibility index (Phi) is 5.27. The number of benzene rings is 1. The molecule has 0 aliphatic heterocycles. The highest BCUT2D eigenvalue weighted by Crippen LogP contribution is 2.28. The number of hydrogen-bond donors (Lipinski definition) is 1. The van der Waals surface area contributed by atoms with Crippen molar-refractivity contribution in [2.45, 2.75) is 30.5 Å². The standard InChI is InChI=1S/C14H16BrFN2O3/c15-10-3-1-2-9(6-10)8-17-14(19)12-5-4-11(16)7-13(12)18(20)21/h4-5,7,9-10H,1-3,6,8H2,(H,17,19). The fourth-order valence-electron chi connectivity index (χ4n) is 2.59. The van der Waals surface area contributed by atoms with Crippen LogP contribution in [0, 0.1) is 21.8 Å². The smallest absolute Gasteiger partial charge is 0.285 e. The first kappa shape index (κ1) is 15.9. The summed E-state index contributed by atoms with van der Waals surface area (Å²) in [6, 6.07) is 2.97. The van der Waals surface area contributed by atoms with E-state index in [2.05, 4.69) is 21.2 Å². The number of carbonyl (C=O) groups is 1. The minimum Gasteiger partial charge on any atom is -0.352 e. The topological polar surface area (TPSA) is 72.2 Å². The van der Waals surface area contributed by atoms with Gasteiger partial charge in [0, 0.05) is 11.4 Å². The van der Waals surface area contributed by atoms with Gasteiger partial charge in [0.25, 0.3) is 11.6 Å². The Morgan fingerprint density at radius 1 is 1.48 bits per heavy atom. The van der Waals surface area contributed by atoms with Crippen LogP contribution >= 0.6 is 15.9 Å². The van der Waals surface area contributed by atoms with Gasteiger partial charge in [0.1, 0.15) is 11.4 Å². The lowest BCUT2D eigenvalue weighted by Gasteiger charge is -2.25. The maximum Gasteiger partial charge on any atom is 0.285 e. The van der Waals surface area contributed by atoms with Crippen molar-refractivity contribution in [1.82, 2.24) is 5.32 Å². The predicted octanol–water partition coefficient (Wildman–Crippen LogP) is 3.42. The van der Waals surface area contributed by atoms with Gasteiger partial charge in [-0.05, 0) is 37.3 Å². The van der Waals surface area contributed by atoms with Crippen LogP contribution in [0.4, 0.5) is 10.1 Å². The van der Waals surface area contributed by atoms with Gasteiger partial charge in [0.2, 0.25) is 0 Å². The number of nitrogens with zero attached hydrogens (tertiary/aromatic N) is 1. The van der Waals surface area contributed by atoms with Crippen molar-refractivity contribution in [2.75, 3.05) is 6.54 Å². The highest BCUT2D eigenvalue weighted by atomic mass is 79.9. The van der Waals surface area contributed by atoms with Crippen LogP contribution in [0.2, 0.25) is 0 Å². The molecule has 2 atom stereocenters. The van der Waals surface area contributed by atoms with Crippen LogP contribution in [0.15, 0.2) is 18.2 Å². The summed E-state index contributed by atoms with van der Waals surface area (Å²) in [4.78, 5) is 22.7. The molecule has 1 N–H and O–H groups in total. The van der Waals surface area contributed by atoms with E-state index >= 15 is 0 Å². The van der Waals surface area contributed by atoms with Gasteiger partial charge < -0.3 is 5.32 Å². The third kappa shape index (κ3) is 4.23. The first-order valence-electron chi connectivity index (χ1n) is 6.83. The van der Waals surface area contributed by atoms with Crippen molar-refractivity contribution in [3.05, 3.63) is 39.7 Å². The van der Waals surface area contributed by atoms with Crippen LogP contribution in [0.5, 0.6) is 0 Å².